The van der Waals surface area contributed by atoms with Crippen molar-refractivity contribution >= 4 is 11.7 Å². The minimum absolute atomic E-state index is 0.0979. The van der Waals surface area contributed by atoms with E-state index in [0.717, 1.165) is 5.56 Å². The van der Waals surface area contributed by atoms with Crippen LogP contribution in [0.15, 0.2) is 53.8 Å². The van der Waals surface area contributed by atoms with E-state index in [9.17, 15) is 14.7 Å². The molecule has 1 aliphatic heterocycles. The quantitative estimate of drug-likeness (QED) is 0.692. The van der Waals surface area contributed by atoms with E-state index in [1.165, 1.54) is 19.1 Å². The van der Waals surface area contributed by atoms with Crippen LogP contribution in [0.25, 0.3) is 0 Å². The number of benzene rings is 2. The Morgan fingerprint density at radius 3 is 2.19 bits per heavy atom. The summed E-state index contributed by atoms with van der Waals surface area (Å²) in [5.74, 6) is -0.0469. The van der Waals surface area contributed by atoms with E-state index in [-0.39, 0.29) is 23.8 Å². The summed E-state index contributed by atoms with van der Waals surface area (Å²) in [7, 11) is 4.63. The summed E-state index contributed by atoms with van der Waals surface area (Å²) < 4.78 is 15.9. The number of amides is 1. The topological polar surface area (TPSA) is 85.3 Å². The molecule has 0 saturated carbocycles. The molecule has 1 aliphatic rings. The van der Waals surface area contributed by atoms with Gasteiger partial charge in [-0.1, -0.05) is 32.0 Å². The van der Waals surface area contributed by atoms with Crippen molar-refractivity contribution in [2.45, 2.75) is 26.4 Å². The molecule has 1 heterocycles. The number of ether oxygens (including phenoxy) is 3. The molecule has 2 aromatic rings. The van der Waals surface area contributed by atoms with Crippen molar-refractivity contribution in [2.24, 2.45) is 5.92 Å². The Morgan fingerprint density at radius 1 is 1.00 bits per heavy atom. The van der Waals surface area contributed by atoms with Crippen molar-refractivity contribution in [2.75, 3.05) is 21.3 Å². The van der Waals surface area contributed by atoms with Gasteiger partial charge in [-0.3, -0.25) is 9.59 Å². The number of carbonyl (C=O) groups is 2. The SMILES string of the molecule is COc1ccc(CN2C(=O)C(O)=C(C(=O)C(C)C)C2c2ccc(OC)c(OC)c2)cc1. The lowest BCUT2D eigenvalue weighted by atomic mass is 9.91. The van der Waals surface area contributed by atoms with Crippen LogP contribution in [0.3, 0.4) is 0 Å². The van der Waals surface area contributed by atoms with Crippen molar-refractivity contribution in [3.8, 4) is 17.2 Å². The molecule has 0 spiro atoms. The average molecular weight is 425 g/mol. The van der Waals surface area contributed by atoms with E-state index < -0.39 is 17.7 Å². The molecule has 164 valence electrons. The van der Waals surface area contributed by atoms with Gasteiger partial charge in [-0.15, -0.1) is 0 Å². The van der Waals surface area contributed by atoms with Gasteiger partial charge in [0.25, 0.3) is 5.91 Å². The molecule has 7 nitrogen and oxygen atoms in total. The van der Waals surface area contributed by atoms with Crippen molar-refractivity contribution in [3.05, 3.63) is 64.9 Å². The highest BCUT2D eigenvalue weighted by Gasteiger charge is 2.44. The monoisotopic (exact) mass is 425 g/mol. The molecule has 0 fully saturated rings. The maximum absolute atomic E-state index is 13.0. The Hall–Kier alpha value is -3.48. The summed E-state index contributed by atoms with van der Waals surface area (Å²) in [6.07, 6.45) is 0. The van der Waals surface area contributed by atoms with Gasteiger partial charge in [0.15, 0.2) is 23.0 Å². The molecule has 31 heavy (non-hydrogen) atoms. The highest BCUT2D eigenvalue weighted by atomic mass is 16.5. The molecule has 0 saturated heterocycles. The Morgan fingerprint density at radius 2 is 1.65 bits per heavy atom. The van der Waals surface area contributed by atoms with Crippen molar-refractivity contribution in [1.82, 2.24) is 4.90 Å². The van der Waals surface area contributed by atoms with Crippen LogP contribution in [0, 0.1) is 5.92 Å². The molecule has 0 aromatic heterocycles. The summed E-state index contributed by atoms with van der Waals surface area (Å²) >= 11 is 0. The fourth-order valence-electron chi connectivity index (χ4n) is 3.68. The number of ketones is 1. The lowest BCUT2D eigenvalue weighted by molar-refractivity contribution is -0.130. The lowest BCUT2D eigenvalue weighted by Crippen LogP contribution is -2.31. The van der Waals surface area contributed by atoms with Crippen LogP contribution in [0.1, 0.15) is 31.0 Å². The molecule has 0 bridgehead atoms. The number of nitrogens with zero attached hydrogens (tertiary/aromatic N) is 1. The Kier molecular flexibility index (Phi) is 6.53. The Balaban J connectivity index is 2.08. The summed E-state index contributed by atoms with van der Waals surface area (Å²) in [5.41, 5.74) is 1.58. The van der Waals surface area contributed by atoms with Crippen LogP contribution < -0.4 is 14.2 Å². The highest BCUT2D eigenvalue weighted by molar-refractivity contribution is 6.09. The number of aliphatic hydroxyl groups is 1. The zero-order valence-corrected chi connectivity index (χ0v) is 18.3. The van der Waals surface area contributed by atoms with Crippen LogP contribution in [-0.2, 0) is 16.1 Å². The predicted octanol–water partition coefficient (Wildman–Crippen LogP) is 3.83. The number of carbonyl (C=O) groups excluding carboxylic acids is 2. The standard InChI is InChI=1S/C24H27NO6/c1-14(2)22(26)20-21(16-8-11-18(30-4)19(12-16)31-5)25(24(28)23(20)27)13-15-6-9-17(29-3)10-7-15/h6-12,14,21,27H,13H2,1-5H3. The van der Waals surface area contributed by atoms with Gasteiger partial charge < -0.3 is 24.2 Å². The van der Waals surface area contributed by atoms with Crippen LogP contribution in [-0.4, -0.2) is 43.0 Å². The largest absolute Gasteiger partial charge is 0.503 e. The van der Waals surface area contributed by atoms with Crippen molar-refractivity contribution < 1.29 is 28.9 Å². The fraction of sp³-hybridized carbons (Fsp3) is 0.333. The molecule has 1 amide bonds. The number of aliphatic hydroxyl groups excluding tert-OH is 1. The number of rotatable bonds is 8. The van der Waals surface area contributed by atoms with E-state index in [1.54, 1.807) is 51.3 Å². The molecule has 2 aromatic carbocycles. The first-order valence-electron chi connectivity index (χ1n) is 9.95. The van der Waals surface area contributed by atoms with Gasteiger partial charge in [0.2, 0.25) is 0 Å². The summed E-state index contributed by atoms with van der Waals surface area (Å²) in [6, 6.07) is 11.8. The first-order valence-corrected chi connectivity index (χ1v) is 9.95. The van der Waals surface area contributed by atoms with Gasteiger partial charge in [-0.25, -0.2) is 0 Å². The molecule has 0 radical (unpaired) electrons. The first-order chi connectivity index (χ1) is 14.8. The zero-order valence-electron chi connectivity index (χ0n) is 18.3. The van der Waals surface area contributed by atoms with Crippen LogP contribution in [0.2, 0.25) is 0 Å². The third-order valence-electron chi connectivity index (χ3n) is 5.33. The van der Waals surface area contributed by atoms with Gasteiger partial charge in [0.1, 0.15) is 5.75 Å². The average Bonchev–Trinajstić information content (AvgIpc) is 3.03. The molecular formula is C24H27NO6. The molecule has 1 atom stereocenters. The fourth-order valence-corrected chi connectivity index (χ4v) is 3.68. The third-order valence-corrected chi connectivity index (χ3v) is 5.33. The number of methoxy groups -OCH3 is 3. The lowest BCUT2D eigenvalue weighted by Gasteiger charge is -2.28. The minimum atomic E-state index is -0.746. The summed E-state index contributed by atoms with van der Waals surface area (Å²) in [6.45, 7) is 3.69. The Bertz CT molecular complexity index is 1010. The van der Waals surface area contributed by atoms with E-state index in [2.05, 4.69) is 0 Å². The minimum Gasteiger partial charge on any atom is -0.503 e. The molecule has 0 aliphatic carbocycles. The highest BCUT2D eigenvalue weighted by Crippen LogP contribution is 2.42. The molecular weight excluding hydrogens is 398 g/mol. The molecule has 1 N–H and O–H groups in total. The number of hydrogen-bond acceptors (Lipinski definition) is 6. The molecule has 1 unspecified atom stereocenters. The first kappa shape index (κ1) is 22.2. The second kappa shape index (κ2) is 9.12. The van der Waals surface area contributed by atoms with E-state index >= 15 is 0 Å². The van der Waals surface area contributed by atoms with Crippen molar-refractivity contribution in [3.63, 3.8) is 0 Å². The molecule has 7 heteroatoms. The zero-order chi connectivity index (χ0) is 22.7. The molecule has 3 rings (SSSR count). The maximum atomic E-state index is 13.0. The third kappa shape index (κ3) is 4.21. The second-order valence-electron chi connectivity index (χ2n) is 7.58. The van der Waals surface area contributed by atoms with Gasteiger partial charge in [0.05, 0.1) is 32.9 Å². The number of hydrogen-bond donors (Lipinski definition) is 1. The van der Waals surface area contributed by atoms with Crippen LogP contribution >= 0.6 is 0 Å². The second-order valence-corrected chi connectivity index (χ2v) is 7.58. The smallest absolute Gasteiger partial charge is 0.290 e. The maximum Gasteiger partial charge on any atom is 0.290 e. The number of Topliss-reactive ketones (excluding diaryl/α,β-unsaturated/α-hetero) is 1. The van der Waals surface area contributed by atoms with E-state index in [4.69, 9.17) is 14.2 Å². The normalized spacial score (nSPS) is 16.1. The van der Waals surface area contributed by atoms with Crippen LogP contribution in [0.4, 0.5) is 0 Å². The summed E-state index contributed by atoms with van der Waals surface area (Å²) in [4.78, 5) is 27.5. The van der Waals surface area contributed by atoms with Crippen molar-refractivity contribution in [1.29, 1.82) is 0 Å². The summed E-state index contributed by atoms with van der Waals surface area (Å²) in [5, 5.41) is 10.7. The van der Waals surface area contributed by atoms with E-state index in [0.29, 0.717) is 22.8 Å². The van der Waals surface area contributed by atoms with Crippen LogP contribution in [0.5, 0.6) is 17.2 Å². The Labute approximate surface area is 181 Å². The van der Waals surface area contributed by atoms with Gasteiger partial charge in [-0.2, -0.15) is 0 Å². The van der Waals surface area contributed by atoms with Gasteiger partial charge >= 0.3 is 0 Å². The van der Waals surface area contributed by atoms with Gasteiger partial charge in [-0.05, 0) is 35.4 Å². The van der Waals surface area contributed by atoms with E-state index in [1.807, 2.05) is 12.1 Å². The predicted molar refractivity (Wildman–Crippen MR) is 115 cm³/mol. The van der Waals surface area contributed by atoms with Gasteiger partial charge in [0, 0.05) is 12.5 Å².